The van der Waals surface area contributed by atoms with Crippen molar-refractivity contribution in [2.24, 2.45) is 0 Å². The van der Waals surface area contributed by atoms with Crippen LogP contribution < -0.4 is 21.5 Å². The van der Waals surface area contributed by atoms with E-state index in [0.717, 1.165) is 0 Å². The highest BCUT2D eigenvalue weighted by molar-refractivity contribution is 5.67. The fourth-order valence-corrected chi connectivity index (χ4v) is 1.28. The number of carbonyl (C=O) groups is 1. The van der Waals surface area contributed by atoms with Crippen LogP contribution in [0.1, 0.15) is 5.82 Å². The molecule has 0 aliphatic carbocycles. The third-order valence-corrected chi connectivity index (χ3v) is 2.07. The molecule has 2 aromatic heterocycles. The van der Waals surface area contributed by atoms with Crippen molar-refractivity contribution in [3.05, 3.63) is 36.4 Å². The molecule has 1 N–H and O–H groups in total. The molecule has 18 heavy (non-hydrogen) atoms. The molecule has 0 bridgehead atoms. The van der Waals surface area contributed by atoms with Crippen LogP contribution in [0.2, 0.25) is 0 Å². The van der Waals surface area contributed by atoms with Gasteiger partial charge in [0.25, 0.3) is 0 Å². The van der Waals surface area contributed by atoms with Crippen molar-refractivity contribution in [3.63, 3.8) is 0 Å². The Labute approximate surface area is 114 Å². The van der Waals surface area contributed by atoms with E-state index >= 15 is 0 Å². The number of carbonyl (C=O) groups excluding carboxylic acids is 1. The molecular weight excluding hydrogens is 302 g/mol. The Morgan fingerprint density at radius 3 is 2.78 bits per heavy atom. The second kappa shape index (κ2) is 7.49. The van der Waals surface area contributed by atoms with E-state index in [-0.39, 0.29) is 36.1 Å². The summed E-state index contributed by atoms with van der Waals surface area (Å²) in [5.41, 5.74) is 0. The van der Waals surface area contributed by atoms with Crippen molar-refractivity contribution in [2.75, 3.05) is 6.61 Å². The SMILES string of the molecule is O=C(C[n+]1ccccc1)OCCc1nn[nH]n1.[Br-]. The van der Waals surface area contributed by atoms with Crippen LogP contribution in [-0.4, -0.2) is 33.2 Å². The predicted molar refractivity (Wildman–Crippen MR) is 55.5 cm³/mol. The van der Waals surface area contributed by atoms with Crippen molar-refractivity contribution in [1.82, 2.24) is 20.6 Å². The average molecular weight is 314 g/mol. The lowest BCUT2D eigenvalue weighted by Gasteiger charge is -2.00. The molecule has 0 saturated carbocycles. The number of aromatic nitrogens is 5. The molecular formula is C10H12BrN5O2. The number of pyridine rings is 1. The number of tetrazole rings is 1. The van der Waals surface area contributed by atoms with E-state index in [0.29, 0.717) is 12.2 Å². The molecule has 8 heteroatoms. The van der Waals surface area contributed by atoms with E-state index in [4.69, 9.17) is 4.74 Å². The number of nitrogens with one attached hydrogen (secondary N) is 1. The molecule has 0 radical (unpaired) electrons. The van der Waals surface area contributed by atoms with Gasteiger partial charge in [-0.25, -0.2) is 4.79 Å². The maximum atomic E-state index is 11.4. The first kappa shape index (κ1) is 14.2. The van der Waals surface area contributed by atoms with Crippen molar-refractivity contribution in [3.8, 4) is 0 Å². The zero-order valence-corrected chi connectivity index (χ0v) is 11.1. The van der Waals surface area contributed by atoms with Gasteiger partial charge in [0.2, 0.25) is 6.54 Å². The Kier molecular flexibility index (Phi) is 5.92. The number of hydrogen-bond donors (Lipinski definition) is 1. The summed E-state index contributed by atoms with van der Waals surface area (Å²) in [5.74, 6) is 0.245. The van der Waals surface area contributed by atoms with Crippen molar-refractivity contribution < 1.29 is 31.1 Å². The predicted octanol–water partition coefficient (Wildman–Crippen LogP) is -3.72. The molecule has 7 nitrogen and oxygen atoms in total. The van der Waals surface area contributed by atoms with Crippen LogP contribution in [0.15, 0.2) is 30.6 Å². The van der Waals surface area contributed by atoms with E-state index in [1.807, 2.05) is 18.2 Å². The lowest BCUT2D eigenvalue weighted by molar-refractivity contribution is -0.686. The van der Waals surface area contributed by atoms with Gasteiger partial charge < -0.3 is 21.7 Å². The topological polar surface area (TPSA) is 84.6 Å². The average Bonchev–Trinajstić information content (AvgIpc) is 2.83. The quantitative estimate of drug-likeness (QED) is 0.453. The molecule has 0 amide bonds. The minimum atomic E-state index is -0.287. The zero-order chi connectivity index (χ0) is 11.9. The summed E-state index contributed by atoms with van der Waals surface area (Å²) < 4.78 is 6.78. The van der Waals surface area contributed by atoms with E-state index in [2.05, 4.69) is 20.6 Å². The monoisotopic (exact) mass is 313 g/mol. The molecule has 0 spiro atoms. The number of nitrogens with zero attached hydrogens (tertiary/aromatic N) is 4. The number of ether oxygens (including phenoxy) is 1. The first-order valence-corrected chi connectivity index (χ1v) is 5.16. The number of rotatable bonds is 5. The van der Waals surface area contributed by atoms with E-state index in [9.17, 15) is 4.79 Å². The second-order valence-corrected chi connectivity index (χ2v) is 3.35. The van der Waals surface area contributed by atoms with Crippen molar-refractivity contribution in [1.29, 1.82) is 0 Å². The number of aromatic amines is 1. The fraction of sp³-hybridized carbons (Fsp3) is 0.300. The van der Waals surface area contributed by atoms with E-state index in [1.54, 1.807) is 17.0 Å². The smallest absolute Gasteiger partial charge is 0.372 e. The molecule has 2 aromatic rings. The third-order valence-electron chi connectivity index (χ3n) is 2.07. The maximum absolute atomic E-state index is 11.4. The molecule has 0 aliphatic heterocycles. The molecule has 0 aliphatic rings. The van der Waals surface area contributed by atoms with Gasteiger partial charge in [-0.05, 0) is 0 Å². The fourth-order valence-electron chi connectivity index (χ4n) is 1.28. The number of hydrogen-bond acceptors (Lipinski definition) is 5. The standard InChI is InChI=1S/C10H12N5O2.BrH/c16-10(8-15-5-2-1-3-6-15)17-7-4-9-11-13-14-12-9;/h1-3,5-6H,4,7-8H2,(H,11,12,13,14);1H/q+1;/p-1. The molecule has 0 saturated heterocycles. The highest BCUT2D eigenvalue weighted by atomic mass is 79.9. The van der Waals surface area contributed by atoms with Gasteiger partial charge in [0.15, 0.2) is 18.2 Å². The van der Waals surface area contributed by atoms with Gasteiger partial charge in [0.05, 0.1) is 6.61 Å². The van der Waals surface area contributed by atoms with Crippen molar-refractivity contribution >= 4 is 5.97 Å². The molecule has 0 unspecified atom stereocenters. The van der Waals surface area contributed by atoms with Crippen LogP contribution in [0.5, 0.6) is 0 Å². The molecule has 96 valence electrons. The normalized spacial score (nSPS) is 9.56. The summed E-state index contributed by atoms with van der Waals surface area (Å²) in [6, 6.07) is 5.59. The summed E-state index contributed by atoms with van der Waals surface area (Å²) >= 11 is 0. The van der Waals surface area contributed by atoms with Gasteiger partial charge in [0, 0.05) is 18.6 Å². The Balaban J connectivity index is 0.00000162. The van der Waals surface area contributed by atoms with Gasteiger partial charge in [0.1, 0.15) is 0 Å². The molecule has 0 aromatic carbocycles. The maximum Gasteiger partial charge on any atom is 0.372 e. The Morgan fingerprint density at radius 2 is 2.11 bits per heavy atom. The van der Waals surface area contributed by atoms with Crippen LogP contribution in [-0.2, 0) is 22.5 Å². The number of esters is 1. The lowest BCUT2D eigenvalue weighted by atomic mass is 10.4. The van der Waals surface area contributed by atoms with Gasteiger partial charge >= 0.3 is 5.97 Å². The lowest BCUT2D eigenvalue weighted by Crippen LogP contribution is -3.00. The van der Waals surface area contributed by atoms with Crippen LogP contribution in [0, 0.1) is 0 Å². The highest BCUT2D eigenvalue weighted by Gasteiger charge is 2.10. The van der Waals surface area contributed by atoms with Gasteiger partial charge in [-0.2, -0.15) is 9.78 Å². The highest BCUT2D eigenvalue weighted by Crippen LogP contribution is 1.88. The summed E-state index contributed by atoms with van der Waals surface area (Å²) in [4.78, 5) is 11.4. The first-order chi connectivity index (χ1) is 8.34. The Hall–Kier alpha value is -1.83. The van der Waals surface area contributed by atoms with Crippen LogP contribution in [0.25, 0.3) is 0 Å². The number of H-pyrrole nitrogens is 1. The van der Waals surface area contributed by atoms with E-state index in [1.165, 1.54) is 0 Å². The number of halogens is 1. The molecule has 2 heterocycles. The summed E-state index contributed by atoms with van der Waals surface area (Å²) in [6.45, 7) is 0.457. The van der Waals surface area contributed by atoms with E-state index < -0.39 is 0 Å². The zero-order valence-electron chi connectivity index (χ0n) is 9.49. The first-order valence-electron chi connectivity index (χ1n) is 5.16. The Morgan fingerprint density at radius 1 is 1.33 bits per heavy atom. The van der Waals surface area contributed by atoms with Crippen LogP contribution in [0.4, 0.5) is 0 Å². The summed E-state index contributed by atoms with van der Waals surface area (Å²) in [5, 5.41) is 13.2. The minimum absolute atomic E-state index is 0. The molecule has 2 rings (SSSR count). The van der Waals surface area contributed by atoms with Gasteiger partial charge in [-0.3, -0.25) is 0 Å². The second-order valence-electron chi connectivity index (χ2n) is 3.35. The molecule has 0 fully saturated rings. The minimum Gasteiger partial charge on any atom is -1.00 e. The summed E-state index contributed by atoms with van der Waals surface area (Å²) in [6.07, 6.45) is 4.07. The van der Waals surface area contributed by atoms with Gasteiger partial charge in [-0.1, -0.05) is 11.3 Å². The largest absolute Gasteiger partial charge is 1.00 e. The molecule has 0 atom stereocenters. The Bertz CT molecular complexity index is 462. The van der Waals surface area contributed by atoms with Crippen LogP contribution in [0.3, 0.4) is 0 Å². The third kappa shape index (κ3) is 4.58. The van der Waals surface area contributed by atoms with Crippen molar-refractivity contribution in [2.45, 2.75) is 13.0 Å². The van der Waals surface area contributed by atoms with Crippen LogP contribution >= 0.6 is 0 Å². The van der Waals surface area contributed by atoms with Gasteiger partial charge in [-0.15, -0.1) is 10.2 Å². The summed E-state index contributed by atoms with van der Waals surface area (Å²) in [7, 11) is 0.